The van der Waals surface area contributed by atoms with Crippen LogP contribution in [0.3, 0.4) is 0 Å². The molecule has 2 rings (SSSR count). The molecule has 0 unspecified atom stereocenters. The fraction of sp³-hybridized carbons (Fsp3) is 0.357. The van der Waals surface area contributed by atoms with Crippen LogP contribution in [0.4, 0.5) is 10.5 Å². The van der Waals surface area contributed by atoms with Crippen LogP contribution in [0.1, 0.15) is 18.4 Å². The second-order valence-corrected chi connectivity index (χ2v) is 5.41. The van der Waals surface area contributed by atoms with Crippen molar-refractivity contribution in [2.75, 3.05) is 19.4 Å². The lowest BCUT2D eigenvalue weighted by molar-refractivity contribution is -0.139. The van der Waals surface area contributed by atoms with Crippen molar-refractivity contribution in [2.24, 2.45) is 0 Å². The van der Waals surface area contributed by atoms with Crippen LogP contribution in [0.15, 0.2) is 18.2 Å². The van der Waals surface area contributed by atoms with Crippen LogP contribution in [0.25, 0.3) is 0 Å². The lowest BCUT2D eigenvalue weighted by Gasteiger charge is -2.16. The summed E-state index contributed by atoms with van der Waals surface area (Å²) in [7, 11) is 3.27. The molecule has 1 aromatic rings. The third-order valence-corrected chi connectivity index (χ3v) is 3.55. The van der Waals surface area contributed by atoms with E-state index >= 15 is 0 Å². The van der Waals surface area contributed by atoms with Crippen molar-refractivity contribution in [3.8, 4) is 0 Å². The Labute approximate surface area is 127 Å². The van der Waals surface area contributed by atoms with E-state index in [-0.39, 0.29) is 37.2 Å². The maximum Gasteiger partial charge on any atom is 0.321 e. The summed E-state index contributed by atoms with van der Waals surface area (Å²) in [5.74, 6) is -0.359. The van der Waals surface area contributed by atoms with Gasteiger partial charge in [-0.1, -0.05) is 17.7 Å². The minimum absolute atomic E-state index is 0.165. The Bertz CT molecular complexity index is 585. The van der Waals surface area contributed by atoms with Gasteiger partial charge in [0.1, 0.15) is 0 Å². The van der Waals surface area contributed by atoms with Gasteiger partial charge in [-0.15, -0.1) is 0 Å². The topological polar surface area (TPSA) is 69.7 Å². The summed E-state index contributed by atoms with van der Waals surface area (Å²) >= 11 is 6.15. The summed E-state index contributed by atoms with van der Waals surface area (Å²) in [5.41, 5.74) is 1.23. The zero-order chi connectivity index (χ0) is 15.6. The predicted molar refractivity (Wildman–Crippen MR) is 78.9 cm³/mol. The van der Waals surface area contributed by atoms with E-state index in [4.69, 9.17) is 11.6 Å². The first-order chi connectivity index (χ1) is 9.88. The molecule has 0 aromatic heterocycles. The van der Waals surface area contributed by atoms with Crippen molar-refractivity contribution in [2.45, 2.75) is 19.4 Å². The molecular formula is C14H16ClN3O3. The number of anilines is 1. The van der Waals surface area contributed by atoms with Gasteiger partial charge >= 0.3 is 6.03 Å². The summed E-state index contributed by atoms with van der Waals surface area (Å²) in [4.78, 5) is 37.3. The Morgan fingerprint density at radius 3 is 2.43 bits per heavy atom. The van der Waals surface area contributed by atoms with E-state index in [2.05, 4.69) is 5.32 Å². The van der Waals surface area contributed by atoms with Gasteiger partial charge in [0.25, 0.3) is 0 Å². The average molecular weight is 310 g/mol. The molecule has 0 spiro atoms. The number of rotatable bonds is 3. The van der Waals surface area contributed by atoms with Crippen LogP contribution < -0.4 is 5.32 Å². The lowest BCUT2D eigenvalue weighted by Crippen LogP contribution is -2.28. The molecule has 1 aliphatic heterocycles. The Kier molecular flexibility index (Phi) is 4.47. The quantitative estimate of drug-likeness (QED) is 0.869. The Hall–Kier alpha value is -2.08. The van der Waals surface area contributed by atoms with Crippen molar-refractivity contribution in [1.29, 1.82) is 0 Å². The van der Waals surface area contributed by atoms with Crippen molar-refractivity contribution in [1.82, 2.24) is 9.80 Å². The average Bonchev–Trinajstić information content (AvgIpc) is 2.73. The van der Waals surface area contributed by atoms with E-state index in [1.807, 2.05) is 0 Å². The third kappa shape index (κ3) is 3.52. The summed E-state index contributed by atoms with van der Waals surface area (Å²) in [6.45, 7) is 0.165. The molecule has 7 heteroatoms. The summed E-state index contributed by atoms with van der Waals surface area (Å²) in [5, 5.41) is 3.08. The van der Waals surface area contributed by atoms with Gasteiger partial charge < -0.3 is 10.2 Å². The van der Waals surface area contributed by atoms with Gasteiger partial charge in [-0.05, 0) is 17.7 Å². The predicted octanol–water partition coefficient (Wildman–Crippen LogP) is 2.08. The molecule has 1 N–H and O–H groups in total. The van der Waals surface area contributed by atoms with Gasteiger partial charge in [0.15, 0.2) is 0 Å². The molecule has 1 heterocycles. The first-order valence-corrected chi connectivity index (χ1v) is 6.86. The van der Waals surface area contributed by atoms with Crippen LogP contribution in [0.2, 0.25) is 5.02 Å². The number of carbonyl (C=O) groups excluding carboxylic acids is 3. The lowest BCUT2D eigenvalue weighted by atomic mass is 10.2. The van der Waals surface area contributed by atoms with Crippen molar-refractivity contribution in [3.05, 3.63) is 28.8 Å². The molecule has 1 fully saturated rings. The molecule has 6 nitrogen and oxygen atoms in total. The number of benzene rings is 1. The molecule has 0 radical (unpaired) electrons. The molecule has 21 heavy (non-hydrogen) atoms. The number of amides is 4. The monoisotopic (exact) mass is 309 g/mol. The zero-order valence-electron chi connectivity index (χ0n) is 11.9. The minimum Gasteiger partial charge on any atom is -0.331 e. The maximum absolute atomic E-state index is 11.6. The van der Waals surface area contributed by atoms with Gasteiger partial charge in [-0.25, -0.2) is 4.79 Å². The van der Waals surface area contributed by atoms with Crippen LogP contribution >= 0.6 is 11.6 Å². The second-order valence-electron chi connectivity index (χ2n) is 5.00. The first-order valence-electron chi connectivity index (χ1n) is 6.48. The van der Waals surface area contributed by atoms with E-state index < -0.39 is 0 Å². The number of nitrogens with one attached hydrogen (secondary N) is 1. The zero-order valence-corrected chi connectivity index (χ0v) is 12.6. The first kappa shape index (κ1) is 15.3. The normalized spacial score (nSPS) is 14.5. The van der Waals surface area contributed by atoms with Crippen LogP contribution in [-0.2, 0) is 16.1 Å². The van der Waals surface area contributed by atoms with Crippen LogP contribution in [0, 0.1) is 0 Å². The van der Waals surface area contributed by atoms with E-state index in [0.29, 0.717) is 16.3 Å². The molecule has 0 bridgehead atoms. The van der Waals surface area contributed by atoms with Gasteiger partial charge in [-0.2, -0.15) is 0 Å². The number of likely N-dealkylation sites (tertiary alicyclic amines) is 1. The largest absolute Gasteiger partial charge is 0.331 e. The highest BCUT2D eigenvalue weighted by molar-refractivity contribution is 6.31. The highest BCUT2D eigenvalue weighted by Crippen LogP contribution is 2.24. The smallest absolute Gasteiger partial charge is 0.321 e. The van der Waals surface area contributed by atoms with Crippen LogP contribution in [-0.4, -0.2) is 41.7 Å². The Morgan fingerprint density at radius 2 is 1.90 bits per heavy atom. The fourth-order valence-corrected chi connectivity index (χ4v) is 2.20. The van der Waals surface area contributed by atoms with Gasteiger partial charge in [0, 0.05) is 37.6 Å². The van der Waals surface area contributed by atoms with Crippen molar-refractivity contribution in [3.63, 3.8) is 0 Å². The number of halogens is 1. The Balaban J connectivity index is 2.11. The molecule has 1 aromatic carbocycles. The van der Waals surface area contributed by atoms with E-state index in [1.165, 1.54) is 9.80 Å². The maximum atomic E-state index is 11.6. The molecule has 112 valence electrons. The summed E-state index contributed by atoms with van der Waals surface area (Å²) in [6, 6.07) is 4.73. The molecule has 1 saturated heterocycles. The number of urea groups is 1. The number of hydrogen-bond donors (Lipinski definition) is 1. The van der Waals surface area contributed by atoms with E-state index in [1.54, 1.807) is 32.3 Å². The van der Waals surface area contributed by atoms with E-state index in [9.17, 15) is 14.4 Å². The second kappa shape index (κ2) is 6.13. The van der Waals surface area contributed by atoms with Gasteiger partial charge in [-0.3, -0.25) is 14.5 Å². The van der Waals surface area contributed by atoms with Gasteiger partial charge in [0.2, 0.25) is 11.8 Å². The molecule has 0 aliphatic carbocycles. The van der Waals surface area contributed by atoms with Crippen molar-refractivity contribution < 1.29 is 14.4 Å². The molecular weight excluding hydrogens is 294 g/mol. The number of carbonyl (C=O) groups is 3. The number of nitrogens with zero attached hydrogens (tertiary/aromatic N) is 2. The molecule has 4 amide bonds. The Morgan fingerprint density at radius 1 is 1.29 bits per heavy atom. The van der Waals surface area contributed by atoms with E-state index in [0.717, 1.165) is 0 Å². The van der Waals surface area contributed by atoms with Gasteiger partial charge in [0.05, 0.1) is 6.54 Å². The SMILES string of the molecule is CN(C)C(=O)Nc1ccc(CN2C(=O)CCC2=O)c(Cl)c1. The third-order valence-electron chi connectivity index (χ3n) is 3.19. The number of hydrogen-bond acceptors (Lipinski definition) is 3. The van der Waals surface area contributed by atoms with Crippen LogP contribution in [0.5, 0.6) is 0 Å². The highest BCUT2D eigenvalue weighted by atomic mass is 35.5. The molecule has 0 saturated carbocycles. The number of imide groups is 1. The summed E-state index contributed by atoms with van der Waals surface area (Å²) < 4.78 is 0. The highest BCUT2D eigenvalue weighted by Gasteiger charge is 2.29. The summed E-state index contributed by atoms with van der Waals surface area (Å²) in [6.07, 6.45) is 0.515. The standard InChI is InChI=1S/C14H16ClN3O3/c1-17(2)14(21)16-10-4-3-9(11(15)7-10)8-18-12(19)5-6-13(18)20/h3-4,7H,5-6,8H2,1-2H3,(H,16,21). The molecule has 0 atom stereocenters. The van der Waals surface area contributed by atoms with Crippen molar-refractivity contribution >= 4 is 35.1 Å². The minimum atomic E-state index is -0.260. The molecule has 1 aliphatic rings. The fourth-order valence-electron chi connectivity index (χ4n) is 1.96.